The second kappa shape index (κ2) is 18.0. The summed E-state index contributed by atoms with van der Waals surface area (Å²) in [5.74, 6) is 2.75. The first kappa shape index (κ1) is 28.9. The number of aliphatic hydroxyl groups excluding tert-OH is 2. The maximum Gasteiger partial charge on any atom is 0.127 e. The molecule has 2 atom stereocenters. The van der Waals surface area contributed by atoms with E-state index in [2.05, 4.69) is 24.5 Å². The van der Waals surface area contributed by atoms with Crippen molar-refractivity contribution in [2.45, 2.75) is 64.6 Å². The van der Waals surface area contributed by atoms with Crippen molar-refractivity contribution in [2.75, 3.05) is 39.4 Å². The van der Waals surface area contributed by atoms with Crippen LogP contribution in [0.4, 0.5) is 0 Å². The summed E-state index contributed by atoms with van der Waals surface area (Å²) >= 11 is 0. The van der Waals surface area contributed by atoms with Gasteiger partial charge in [-0.2, -0.15) is 0 Å². The topological polar surface area (TPSA) is 92.2 Å². The molecule has 0 fully saturated rings. The van der Waals surface area contributed by atoms with E-state index < -0.39 is 12.2 Å². The zero-order valence-electron chi connectivity index (χ0n) is 21.4. The molecule has 2 aromatic carbocycles. The van der Waals surface area contributed by atoms with Gasteiger partial charge in [0.25, 0.3) is 0 Å². The number of hydrogen-bond donors (Lipinski definition) is 4. The molecular weight excluding hydrogens is 444 g/mol. The van der Waals surface area contributed by atoms with Gasteiger partial charge in [0, 0.05) is 13.1 Å². The molecule has 2 unspecified atom stereocenters. The van der Waals surface area contributed by atoms with E-state index in [1.54, 1.807) is 0 Å². The quantitative estimate of drug-likeness (QED) is 0.204. The number of unbranched alkanes of at least 4 members (excludes halogenated alkanes) is 4. The molecule has 0 aliphatic carbocycles. The molecule has 2 rings (SSSR count). The highest BCUT2D eigenvalue weighted by molar-refractivity contribution is 5.37. The second-order valence-corrected chi connectivity index (χ2v) is 8.80. The van der Waals surface area contributed by atoms with E-state index in [4.69, 9.17) is 14.2 Å². The van der Waals surface area contributed by atoms with Crippen molar-refractivity contribution < 1.29 is 24.4 Å². The summed E-state index contributed by atoms with van der Waals surface area (Å²) in [5.41, 5.74) is 0. The van der Waals surface area contributed by atoms with Gasteiger partial charge in [-0.25, -0.2) is 0 Å². The molecule has 0 bridgehead atoms. The van der Waals surface area contributed by atoms with Crippen LogP contribution in [0.5, 0.6) is 23.0 Å². The van der Waals surface area contributed by atoms with Crippen molar-refractivity contribution in [3.8, 4) is 23.0 Å². The normalized spacial score (nSPS) is 12.8. The van der Waals surface area contributed by atoms with Crippen LogP contribution in [-0.2, 0) is 0 Å². The monoisotopic (exact) mass is 488 g/mol. The summed E-state index contributed by atoms with van der Waals surface area (Å²) in [4.78, 5) is 0. The highest BCUT2D eigenvalue weighted by Gasteiger charge is 2.07. The van der Waals surface area contributed by atoms with Crippen molar-refractivity contribution >= 4 is 0 Å². The van der Waals surface area contributed by atoms with Crippen LogP contribution < -0.4 is 24.8 Å². The summed E-state index contributed by atoms with van der Waals surface area (Å²) in [6.45, 7) is 7.73. The van der Waals surface area contributed by atoms with Crippen LogP contribution in [0.2, 0.25) is 0 Å². The van der Waals surface area contributed by atoms with Gasteiger partial charge >= 0.3 is 0 Å². The van der Waals surface area contributed by atoms with Gasteiger partial charge in [0.05, 0.1) is 0 Å². The SMILES string of the molecule is CCCCCNCC(O)COc1ccc(Oc2ccc(OCC(O)CNCCCCC)cc2)cc1. The highest BCUT2D eigenvalue weighted by atomic mass is 16.5. The zero-order chi connectivity index (χ0) is 25.1. The lowest BCUT2D eigenvalue weighted by molar-refractivity contribution is 0.106. The van der Waals surface area contributed by atoms with Gasteiger partial charge in [0.15, 0.2) is 0 Å². The van der Waals surface area contributed by atoms with Gasteiger partial charge in [0.1, 0.15) is 48.4 Å². The average Bonchev–Trinajstić information content (AvgIpc) is 2.87. The molecule has 7 heteroatoms. The van der Waals surface area contributed by atoms with Crippen LogP contribution in [0.25, 0.3) is 0 Å². The van der Waals surface area contributed by atoms with Gasteiger partial charge in [-0.1, -0.05) is 39.5 Å². The molecule has 0 saturated carbocycles. The average molecular weight is 489 g/mol. The zero-order valence-corrected chi connectivity index (χ0v) is 21.4. The molecular formula is C28H44N2O5. The third-order valence-corrected chi connectivity index (χ3v) is 5.44. The number of rotatable bonds is 20. The first-order valence-electron chi connectivity index (χ1n) is 13.0. The summed E-state index contributed by atoms with van der Waals surface area (Å²) < 4.78 is 17.2. The van der Waals surface area contributed by atoms with E-state index >= 15 is 0 Å². The number of benzene rings is 2. The summed E-state index contributed by atoms with van der Waals surface area (Å²) in [6, 6.07) is 14.6. The van der Waals surface area contributed by atoms with Gasteiger partial charge in [-0.05, 0) is 74.5 Å². The van der Waals surface area contributed by atoms with E-state index in [0.29, 0.717) is 36.1 Å². The van der Waals surface area contributed by atoms with E-state index in [1.165, 1.54) is 25.7 Å². The van der Waals surface area contributed by atoms with Crippen LogP contribution in [0.3, 0.4) is 0 Å². The number of nitrogens with one attached hydrogen (secondary N) is 2. The lowest BCUT2D eigenvalue weighted by atomic mass is 10.2. The van der Waals surface area contributed by atoms with Crippen LogP contribution in [-0.4, -0.2) is 61.8 Å². The Balaban J connectivity index is 1.65. The summed E-state index contributed by atoms with van der Waals surface area (Å²) in [5, 5.41) is 26.6. The Bertz CT molecular complexity index is 704. The molecule has 0 aliphatic heterocycles. The van der Waals surface area contributed by atoms with Crippen LogP contribution in [0.1, 0.15) is 52.4 Å². The number of aliphatic hydroxyl groups is 2. The van der Waals surface area contributed by atoms with Gasteiger partial charge in [-0.15, -0.1) is 0 Å². The fourth-order valence-corrected chi connectivity index (χ4v) is 3.38. The Labute approximate surface area is 210 Å². The number of hydrogen-bond acceptors (Lipinski definition) is 7. The fraction of sp³-hybridized carbons (Fsp3) is 0.571. The fourth-order valence-electron chi connectivity index (χ4n) is 3.38. The maximum atomic E-state index is 10.0. The first-order valence-corrected chi connectivity index (χ1v) is 13.0. The molecule has 7 nitrogen and oxygen atoms in total. The van der Waals surface area contributed by atoms with E-state index in [1.807, 2.05) is 48.5 Å². The van der Waals surface area contributed by atoms with Crippen molar-refractivity contribution in [2.24, 2.45) is 0 Å². The molecule has 2 aromatic rings. The predicted octanol–water partition coefficient (Wildman–Crippen LogP) is 4.52. The molecule has 0 saturated heterocycles. The van der Waals surface area contributed by atoms with E-state index in [9.17, 15) is 10.2 Å². The van der Waals surface area contributed by atoms with E-state index in [-0.39, 0.29) is 13.2 Å². The van der Waals surface area contributed by atoms with Crippen LogP contribution in [0.15, 0.2) is 48.5 Å². The minimum atomic E-state index is -0.545. The third kappa shape index (κ3) is 13.4. The molecule has 0 aliphatic rings. The van der Waals surface area contributed by atoms with Crippen molar-refractivity contribution in [3.63, 3.8) is 0 Å². The lowest BCUT2D eigenvalue weighted by Crippen LogP contribution is -2.32. The molecule has 0 amide bonds. The Morgan fingerprint density at radius 1 is 0.600 bits per heavy atom. The standard InChI is InChI=1S/C28H44N2O5/c1-3-5-7-17-29-19-23(31)21-33-25-9-13-27(14-10-25)35-28-15-11-26(12-16-28)34-22-24(32)20-30-18-8-6-4-2/h9-16,23-24,29-32H,3-8,17-22H2,1-2H3. The van der Waals surface area contributed by atoms with E-state index in [0.717, 1.165) is 25.9 Å². The molecule has 4 N–H and O–H groups in total. The lowest BCUT2D eigenvalue weighted by Gasteiger charge is -2.14. The van der Waals surface area contributed by atoms with Crippen molar-refractivity contribution in [1.82, 2.24) is 10.6 Å². The molecule has 0 heterocycles. The van der Waals surface area contributed by atoms with Crippen molar-refractivity contribution in [1.29, 1.82) is 0 Å². The van der Waals surface area contributed by atoms with Gasteiger partial charge < -0.3 is 35.1 Å². The highest BCUT2D eigenvalue weighted by Crippen LogP contribution is 2.25. The van der Waals surface area contributed by atoms with Gasteiger partial charge in [0.2, 0.25) is 0 Å². The van der Waals surface area contributed by atoms with Crippen LogP contribution >= 0.6 is 0 Å². The Kier molecular flexibility index (Phi) is 14.9. The summed E-state index contributed by atoms with van der Waals surface area (Å²) in [6.07, 6.45) is 5.95. The Morgan fingerprint density at radius 2 is 0.971 bits per heavy atom. The molecule has 0 radical (unpaired) electrons. The second-order valence-electron chi connectivity index (χ2n) is 8.80. The Hall–Kier alpha value is -2.32. The predicted molar refractivity (Wildman–Crippen MR) is 141 cm³/mol. The minimum Gasteiger partial charge on any atom is -0.491 e. The molecule has 196 valence electrons. The number of ether oxygens (including phenoxy) is 3. The smallest absolute Gasteiger partial charge is 0.127 e. The van der Waals surface area contributed by atoms with Gasteiger partial charge in [-0.3, -0.25) is 0 Å². The molecule has 35 heavy (non-hydrogen) atoms. The minimum absolute atomic E-state index is 0.242. The first-order chi connectivity index (χ1) is 17.1. The third-order valence-electron chi connectivity index (χ3n) is 5.44. The maximum absolute atomic E-state index is 10.0. The van der Waals surface area contributed by atoms with Crippen molar-refractivity contribution in [3.05, 3.63) is 48.5 Å². The summed E-state index contributed by atoms with van der Waals surface area (Å²) in [7, 11) is 0. The Morgan fingerprint density at radius 3 is 1.34 bits per heavy atom. The molecule has 0 aromatic heterocycles. The van der Waals surface area contributed by atoms with Crippen LogP contribution in [0, 0.1) is 0 Å². The molecule has 0 spiro atoms. The largest absolute Gasteiger partial charge is 0.491 e.